The van der Waals surface area contributed by atoms with Gasteiger partial charge in [-0.1, -0.05) is 98.0 Å². The van der Waals surface area contributed by atoms with Crippen LogP contribution in [0.5, 0.6) is 0 Å². The molecule has 0 bridgehead atoms. The number of anilines is 1. The molecule has 0 N–H and O–H groups in total. The maximum atomic E-state index is 13.7. The normalized spacial score (nSPS) is 14.4. The van der Waals surface area contributed by atoms with Crippen LogP contribution in [0.3, 0.4) is 0 Å². The molecule has 5 rings (SSSR count). The number of carbonyl (C=O) groups excluding carboxylic acids is 1. The van der Waals surface area contributed by atoms with Crippen molar-refractivity contribution in [3.63, 3.8) is 0 Å². The summed E-state index contributed by atoms with van der Waals surface area (Å²) in [5, 5.41) is 1.06. The van der Waals surface area contributed by atoms with Gasteiger partial charge in [-0.2, -0.15) is 0 Å². The number of aromatic nitrogens is 1. The number of hydrogen-bond donors (Lipinski definition) is 0. The summed E-state index contributed by atoms with van der Waals surface area (Å²) >= 11 is 1.76. The van der Waals surface area contributed by atoms with E-state index in [4.69, 9.17) is 4.98 Å². The Morgan fingerprint density at radius 1 is 0.818 bits per heavy atom. The molecule has 5 heteroatoms. The minimum absolute atomic E-state index is 0.179. The minimum atomic E-state index is -0.269. The van der Waals surface area contributed by atoms with Crippen LogP contribution in [0, 0.1) is 0 Å². The molecule has 2 heterocycles. The summed E-state index contributed by atoms with van der Waals surface area (Å²) in [7, 11) is 0. The first-order valence-corrected chi connectivity index (χ1v) is 12.5. The average molecular weight is 456 g/mol. The van der Waals surface area contributed by atoms with Crippen molar-refractivity contribution in [2.75, 3.05) is 31.1 Å². The van der Waals surface area contributed by atoms with Crippen LogP contribution in [-0.2, 0) is 4.79 Å². The molecule has 1 fully saturated rings. The highest BCUT2D eigenvalue weighted by molar-refractivity contribution is 7.22. The number of fused-ring (bicyclic) bond motifs is 1. The zero-order valence-corrected chi connectivity index (χ0v) is 20.0. The first-order valence-electron chi connectivity index (χ1n) is 11.6. The molecule has 1 amide bonds. The molecule has 168 valence electrons. The number of thiazole rings is 1. The van der Waals surface area contributed by atoms with Crippen LogP contribution in [0.4, 0.5) is 5.13 Å². The Morgan fingerprint density at radius 2 is 1.42 bits per heavy atom. The van der Waals surface area contributed by atoms with E-state index < -0.39 is 0 Å². The molecule has 1 aromatic heterocycles. The molecule has 0 radical (unpaired) electrons. The van der Waals surface area contributed by atoms with E-state index in [0.29, 0.717) is 19.0 Å². The van der Waals surface area contributed by atoms with Gasteiger partial charge in [0.2, 0.25) is 5.91 Å². The number of amides is 1. The Morgan fingerprint density at radius 3 is 2.00 bits per heavy atom. The van der Waals surface area contributed by atoms with Gasteiger partial charge in [-0.15, -0.1) is 0 Å². The summed E-state index contributed by atoms with van der Waals surface area (Å²) in [6, 6.07) is 26.7. The van der Waals surface area contributed by atoms with E-state index in [0.717, 1.165) is 34.9 Å². The average Bonchev–Trinajstić information content (AvgIpc) is 3.30. The van der Waals surface area contributed by atoms with Crippen molar-refractivity contribution in [3.8, 4) is 0 Å². The van der Waals surface area contributed by atoms with Crippen molar-refractivity contribution in [2.24, 2.45) is 0 Å². The third-order valence-corrected chi connectivity index (χ3v) is 7.52. The van der Waals surface area contributed by atoms with Gasteiger partial charge in [0.15, 0.2) is 5.13 Å². The third-order valence-electron chi connectivity index (χ3n) is 6.44. The Hall–Kier alpha value is -3.18. The van der Waals surface area contributed by atoms with E-state index in [1.807, 2.05) is 41.3 Å². The van der Waals surface area contributed by atoms with E-state index in [-0.39, 0.29) is 11.8 Å². The second kappa shape index (κ2) is 9.36. The van der Waals surface area contributed by atoms with E-state index in [1.165, 1.54) is 10.3 Å². The predicted octanol–water partition coefficient (Wildman–Crippen LogP) is 5.90. The zero-order valence-electron chi connectivity index (χ0n) is 19.1. The van der Waals surface area contributed by atoms with Gasteiger partial charge < -0.3 is 9.80 Å². The Kier molecular flexibility index (Phi) is 6.14. The number of rotatable bonds is 5. The molecule has 0 spiro atoms. The summed E-state index contributed by atoms with van der Waals surface area (Å²) in [6.45, 7) is 7.46. The topological polar surface area (TPSA) is 36.4 Å². The van der Waals surface area contributed by atoms with Crippen molar-refractivity contribution in [2.45, 2.75) is 25.7 Å². The predicted molar refractivity (Wildman–Crippen MR) is 137 cm³/mol. The number of carbonyl (C=O) groups is 1. The lowest BCUT2D eigenvalue weighted by molar-refractivity contribution is -0.132. The van der Waals surface area contributed by atoms with Crippen molar-refractivity contribution in [3.05, 3.63) is 95.6 Å². The number of benzene rings is 3. The van der Waals surface area contributed by atoms with Gasteiger partial charge in [0.25, 0.3) is 0 Å². The number of para-hydroxylation sites is 1. The molecule has 4 nitrogen and oxygen atoms in total. The summed E-state index contributed by atoms with van der Waals surface area (Å²) in [5.41, 5.74) is 4.52. The molecule has 1 aliphatic rings. The number of nitrogens with zero attached hydrogens (tertiary/aromatic N) is 3. The molecular formula is C28H29N3OS. The van der Waals surface area contributed by atoms with Gasteiger partial charge in [0.05, 0.1) is 16.1 Å². The third kappa shape index (κ3) is 4.38. The first kappa shape index (κ1) is 21.7. The van der Waals surface area contributed by atoms with Gasteiger partial charge >= 0.3 is 0 Å². The smallest absolute Gasteiger partial charge is 0.234 e. The summed E-state index contributed by atoms with van der Waals surface area (Å²) < 4.78 is 1.24. The lowest BCUT2D eigenvalue weighted by Gasteiger charge is -2.36. The SMILES string of the molecule is CC(C)c1cccc2sc(N3CCN(C(=O)C(c4ccccc4)c4ccccc4)CC3)nc12. The Labute approximate surface area is 199 Å². The molecule has 4 aromatic rings. The number of hydrogen-bond acceptors (Lipinski definition) is 4. The van der Waals surface area contributed by atoms with Crippen molar-refractivity contribution in [1.82, 2.24) is 9.88 Å². The van der Waals surface area contributed by atoms with Crippen LogP contribution in [0.25, 0.3) is 10.2 Å². The highest BCUT2D eigenvalue weighted by Crippen LogP contribution is 2.34. The van der Waals surface area contributed by atoms with Gasteiger partial charge in [-0.3, -0.25) is 4.79 Å². The fraction of sp³-hybridized carbons (Fsp3) is 0.286. The Bertz CT molecular complexity index is 1190. The summed E-state index contributed by atoms with van der Waals surface area (Å²) in [5.74, 6) is 0.361. The van der Waals surface area contributed by atoms with E-state index in [9.17, 15) is 4.79 Å². The molecule has 1 saturated heterocycles. The molecule has 1 aliphatic heterocycles. The number of piperazine rings is 1. The fourth-order valence-corrected chi connectivity index (χ4v) is 5.68. The highest BCUT2D eigenvalue weighted by atomic mass is 32.1. The fourth-order valence-electron chi connectivity index (χ4n) is 4.63. The van der Waals surface area contributed by atoms with Crippen LogP contribution < -0.4 is 4.90 Å². The van der Waals surface area contributed by atoms with Crippen molar-refractivity contribution >= 4 is 32.6 Å². The van der Waals surface area contributed by atoms with Gasteiger partial charge in [0, 0.05) is 26.2 Å². The molecule has 0 unspecified atom stereocenters. The van der Waals surface area contributed by atoms with Crippen LogP contribution in [0.2, 0.25) is 0 Å². The largest absolute Gasteiger partial charge is 0.345 e. The van der Waals surface area contributed by atoms with Crippen LogP contribution in [-0.4, -0.2) is 42.0 Å². The zero-order chi connectivity index (χ0) is 22.8. The second-order valence-corrected chi connectivity index (χ2v) is 9.92. The summed E-state index contributed by atoms with van der Waals surface area (Å²) in [4.78, 5) is 23.0. The Balaban J connectivity index is 1.34. The first-order chi connectivity index (χ1) is 16.1. The van der Waals surface area contributed by atoms with E-state index in [2.05, 4.69) is 61.2 Å². The molecule has 0 atom stereocenters. The molecule has 0 saturated carbocycles. The minimum Gasteiger partial charge on any atom is -0.345 e. The molecule has 0 aliphatic carbocycles. The lowest BCUT2D eigenvalue weighted by Crippen LogP contribution is -2.50. The van der Waals surface area contributed by atoms with Crippen LogP contribution in [0.15, 0.2) is 78.9 Å². The van der Waals surface area contributed by atoms with Gasteiger partial charge in [-0.25, -0.2) is 4.98 Å². The van der Waals surface area contributed by atoms with Gasteiger partial charge in [-0.05, 0) is 28.7 Å². The second-order valence-electron chi connectivity index (χ2n) is 8.91. The van der Waals surface area contributed by atoms with Crippen LogP contribution >= 0.6 is 11.3 Å². The maximum Gasteiger partial charge on any atom is 0.234 e. The molecular weight excluding hydrogens is 426 g/mol. The highest BCUT2D eigenvalue weighted by Gasteiger charge is 2.30. The maximum absolute atomic E-state index is 13.7. The van der Waals surface area contributed by atoms with E-state index >= 15 is 0 Å². The monoisotopic (exact) mass is 455 g/mol. The standard InChI is InChI=1S/C28H29N3OS/c1-20(2)23-14-9-15-24-26(23)29-28(33-24)31-18-16-30(17-19-31)27(32)25(21-10-5-3-6-11-21)22-12-7-4-8-13-22/h3-15,20,25H,16-19H2,1-2H3. The van der Waals surface area contributed by atoms with E-state index in [1.54, 1.807) is 11.3 Å². The quantitative estimate of drug-likeness (QED) is 0.376. The van der Waals surface area contributed by atoms with Crippen molar-refractivity contribution in [1.29, 1.82) is 0 Å². The molecule has 3 aromatic carbocycles. The summed E-state index contributed by atoms with van der Waals surface area (Å²) in [6.07, 6.45) is 0. The lowest BCUT2D eigenvalue weighted by atomic mass is 9.90. The molecule has 33 heavy (non-hydrogen) atoms. The van der Waals surface area contributed by atoms with Gasteiger partial charge in [0.1, 0.15) is 0 Å². The van der Waals surface area contributed by atoms with Crippen LogP contribution in [0.1, 0.15) is 42.4 Å². The van der Waals surface area contributed by atoms with Crippen molar-refractivity contribution < 1.29 is 4.79 Å².